The molecule has 1 aromatic heterocycles. The van der Waals surface area contributed by atoms with Crippen molar-refractivity contribution in [3.05, 3.63) is 41.7 Å². The molecule has 0 saturated heterocycles. The molecule has 2 aromatic rings. The molecular formula is C19H20N4O3. The van der Waals surface area contributed by atoms with Crippen LogP contribution >= 0.6 is 0 Å². The van der Waals surface area contributed by atoms with E-state index >= 15 is 0 Å². The Morgan fingerprint density at radius 2 is 2.19 bits per heavy atom. The summed E-state index contributed by atoms with van der Waals surface area (Å²) in [6.45, 7) is 3.86. The molecule has 3 heterocycles. The zero-order chi connectivity index (χ0) is 17.9. The first kappa shape index (κ1) is 16.6. The van der Waals surface area contributed by atoms with Crippen LogP contribution in [0.1, 0.15) is 12.6 Å². The summed E-state index contributed by atoms with van der Waals surface area (Å²) < 4.78 is 17.3. The summed E-state index contributed by atoms with van der Waals surface area (Å²) in [5.74, 6) is 0.761. The quantitative estimate of drug-likeness (QED) is 0.755. The molecule has 7 heteroatoms. The van der Waals surface area contributed by atoms with Gasteiger partial charge in [-0.2, -0.15) is 10.4 Å². The maximum Gasteiger partial charge on any atom is 0.120 e. The SMILES string of the molecule is C[C@@H]1COc2ccc3[nH]nc(c3c2)C2=CC(COCCO1)NC(C#N)=C2. The van der Waals surface area contributed by atoms with Gasteiger partial charge in [0, 0.05) is 11.0 Å². The Hall–Kier alpha value is -2.82. The Labute approximate surface area is 151 Å². The Morgan fingerprint density at radius 1 is 1.27 bits per heavy atom. The molecule has 0 spiro atoms. The van der Waals surface area contributed by atoms with Gasteiger partial charge in [-0.1, -0.05) is 6.08 Å². The van der Waals surface area contributed by atoms with Crippen LogP contribution in [0, 0.1) is 11.3 Å². The minimum atomic E-state index is -0.0987. The first-order valence-corrected chi connectivity index (χ1v) is 8.64. The van der Waals surface area contributed by atoms with Crippen LogP contribution in [0.5, 0.6) is 5.75 Å². The minimum absolute atomic E-state index is 0.0339. The molecule has 134 valence electrons. The van der Waals surface area contributed by atoms with Gasteiger partial charge in [0.2, 0.25) is 0 Å². The predicted molar refractivity (Wildman–Crippen MR) is 96.4 cm³/mol. The highest BCUT2D eigenvalue weighted by atomic mass is 16.5. The molecule has 4 bridgehead atoms. The molecule has 2 atom stereocenters. The summed E-state index contributed by atoms with van der Waals surface area (Å²) in [7, 11) is 0. The average molecular weight is 352 g/mol. The molecule has 26 heavy (non-hydrogen) atoms. The highest BCUT2D eigenvalue weighted by molar-refractivity contribution is 5.94. The van der Waals surface area contributed by atoms with Gasteiger partial charge < -0.3 is 19.5 Å². The second kappa shape index (κ2) is 7.20. The molecular weight excluding hydrogens is 332 g/mol. The summed E-state index contributed by atoms with van der Waals surface area (Å²) in [6, 6.07) is 7.91. The number of benzene rings is 1. The molecule has 2 N–H and O–H groups in total. The fourth-order valence-electron chi connectivity index (χ4n) is 3.09. The van der Waals surface area contributed by atoms with Gasteiger partial charge in [0.1, 0.15) is 24.1 Å². The number of H-pyrrole nitrogens is 1. The zero-order valence-electron chi connectivity index (χ0n) is 14.5. The molecule has 2 aliphatic heterocycles. The number of ether oxygens (including phenoxy) is 3. The number of aromatic nitrogens is 2. The number of rotatable bonds is 0. The van der Waals surface area contributed by atoms with Gasteiger partial charge in [-0.15, -0.1) is 0 Å². The molecule has 7 nitrogen and oxygen atoms in total. The third-order valence-electron chi connectivity index (χ3n) is 4.36. The first-order valence-electron chi connectivity index (χ1n) is 8.64. The number of allylic oxidation sites excluding steroid dienone is 3. The topological polar surface area (TPSA) is 92.2 Å². The summed E-state index contributed by atoms with van der Waals surface area (Å²) in [5, 5.41) is 21.0. The maximum atomic E-state index is 9.35. The number of nitrogens with one attached hydrogen (secondary N) is 2. The number of dihydropyridines is 1. The van der Waals surface area contributed by atoms with E-state index in [-0.39, 0.29) is 12.1 Å². The number of nitriles is 1. The lowest BCUT2D eigenvalue weighted by atomic mass is 10.0. The summed E-state index contributed by atoms with van der Waals surface area (Å²) in [5.41, 5.74) is 3.09. The summed E-state index contributed by atoms with van der Waals surface area (Å²) in [6.07, 6.45) is 3.81. The molecule has 0 aliphatic carbocycles. The minimum Gasteiger partial charge on any atom is -0.491 e. The van der Waals surface area contributed by atoms with Crippen molar-refractivity contribution in [3.8, 4) is 11.8 Å². The van der Waals surface area contributed by atoms with Crippen molar-refractivity contribution in [3.63, 3.8) is 0 Å². The molecule has 0 amide bonds. The standard InChI is InChI=1S/C19H20N4O3/c1-12-10-26-16-2-3-18-17(8-16)19(23-22-18)13-6-14(9-20)21-15(7-13)11-24-4-5-25-12/h2-3,6-8,12,15,21H,4-5,10-11H2,1H3,(H,22,23)/t12-,15?/m1/s1. The highest BCUT2D eigenvalue weighted by Crippen LogP contribution is 2.29. The molecule has 2 aliphatic rings. The molecule has 0 saturated carbocycles. The number of hydrogen-bond donors (Lipinski definition) is 2. The molecule has 1 aromatic carbocycles. The van der Waals surface area contributed by atoms with Gasteiger partial charge in [-0.3, -0.25) is 5.10 Å². The van der Waals surface area contributed by atoms with Crippen LogP contribution in [0.4, 0.5) is 0 Å². The van der Waals surface area contributed by atoms with Gasteiger partial charge in [0.05, 0.1) is 43.2 Å². The maximum absolute atomic E-state index is 9.35. The van der Waals surface area contributed by atoms with Gasteiger partial charge in [-0.05, 0) is 31.2 Å². The van der Waals surface area contributed by atoms with E-state index in [9.17, 15) is 5.26 Å². The van der Waals surface area contributed by atoms with Crippen molar-refractivity contribution in [2.75, 3.05) is 26.4 Å². The van der Waals surface area contributed by atoms with E-state index in [0.717, 1.165) is 27.9 Å². The van der Waals surface area contributed by atoms with Crippen LogP contribution in [0.25, 0.3) is 16.5 Å². The summed E-state index contributed by atoms with van der Waals surface area (Å²) in [4.78, 5) is 0. The third kappa shape index (κ3) is 3.43. The lowest BCUT2D eigenvalue weighted by molar-refractivity contribution is -0.00725. The van der Waals surface area contributed by atoms with Crippen LogP contribution in [-0.4, -0.2) is 48.8 Å². The van der Waals surface area contributed by atoms with Crippen molar-refractivity contribution in [2.24, 2.45) is 0 Å². The summed E-state index contributed by atoms with van der Waals surface area (Å²) >= 11 is 0. The lowest BCUT2D eigenvalue weighted by Gasteiger charge is -2.21. The monoisotopic (exact) mass is 352 g/mol. The number of aromatic amines is 1. The van der Waals surface area contributed by atoms with Crippen molar-refractivity contribution in [2.45, 2.75) is 19.1 Å². The van der Waals surface area contributed by atoms with Gasteiger partial charge in [0.15, 0.2) is 0 Å². The second-order valence-corrected chi connectivity index (χ2v) is 6.39. The van der Waals surface area contributed by atoms with E-state index in [2.05, 4.69) is 21.6 Å². The lowest BCUT2D eigenvalue weighted by Crippen LogP contribution is -2.33. The number of fused-ring (bicyclic) bond motifs is 3. The fraction of sp³-hybridized carbons (Fsp3) is 0.368. The van der Waals surface area contributed by atoms with Crippen molar-refractivity contribution < 1.29 is 14.2 Å². The highest BCUT2D eigenvalue weighted by Gasteiger charge is 2.19. The van der Waals surface area contributed by atoms with Crippen LogP contribution in [0.3, 0.4) is 0 Å². The van der Waals surface area contributed by atoms with E-state index in [4.69, 9.17) is 14.2 Å². The van der Waals surface area contributed by atoms with Crippen LogP contribution < -0.4 is 10.1 Å². The molecule has 0 radical (unpaired) electrons. The van der Waals surface area contributed by atoms with Crippen molar-refractivity contribution in [1.82, 2.24) is 15.5 Å². The smallest absolute Gasteiger partial charge is 0.120 e. The Balaban J connectivity index is 1.76. The van der Waals surface area contributed by atoms with E-state index < -0.39 is 0 Å². The van der Waals surface area contributed by atoms with Crippen LogP contribution in [0.15, 0.2) is 36.0 Å². The number of hydrogen-bond acceptors (Lipinski definition) is 6. The van der Waals surface area contributed by atoms with Crippen molar-refractivity contribution >= 4 is 16.5 Å². The van der Waals surface area contributed by atoms with Crippen molar-refractivity contribution in [1.29, 1.82) is 5.26 Å². The van der Waals surface area contributed by atoms with Gasteiger partial charge >= 0.3 is 0 Å². The van der Waals surface area contributed by atoms with E-state index in [1.54, 1.807) is 0 Å². The van der Waals surface area contributed by atoms with Gasteiger partial charge in [0.25, 0.3) is 0 Å². The molecule has 4 rings (SSSR count). The first-order chi connectivity index (χ1) is 12.7. The van der Waals surface area contributed by atoms with E-state index in [1.807, 2.05) is 37.3 Å². The third-order valence-corrected chi connectivity index (χ3v) is 4.36. The Kier molecular flexibility index (Phi) is 4.61. The Bertz CT molecular complexity index is 909. The Morgan fingerprint density at radius 3 is 3.08 bits per heavy atom. The normalized spacial score (nSPS) is 23.7. The molecule has 0 fully saturated rings. The average Bonchev–Trinajstić information content (AvgIpc) is 3.08. The predicted octanol–water partition coefficient (Wildman–Crippen LogP) is 2.14. The largest absolute Gasteiger partial charge is 0.491 e. The fourth-order valence-corrected chi connectivity index (χ4v) is 3.09. The van der Waals surface area contributed by atoms with Crippen LogP contribution in [0.2, 0.25) is 0 Å². The van der Waals surface area contributed by atoms with Gasteiger partial charge in [-0.25, -0.2) is 0 Å². The van der Waals surface area contributed by atoms with Crippen LogP contribution in [-0.2, 0) is 9.47 Å². The second-order valence-electron chi connectivity index (χ2n) is 6.39. The number of nitrogens with zero attached hydrogens (tertiary/aromatic N) is 2. The van der Waals surface area contributed by atoms with E-state index in [1.165, 1.54) is 0 Å². The zero-order valence-corrected chi connectivity index (χ0v) is 14.5. The molecule has 1 unspecified atom stereocenters. The van der Waals surface area contributed by atoms with E-state index in [0.29, 0.717) is 32.1 Å².